The van der Waals surface area contributed by atoms with Gasteiger partial charge >= 0.3 is 0 Å². The first-order chi connectivity index (χ1) is 5.66. The van der Waals surface area contributed by atoms with E-state index >= 15 is 0 Å². The van der Waals surface area contributed by atoms with Crippen LogP contribution in [-0.2, 0) is 0 Å². The summed E-state index contributed by atoms with van der Waals surface area (Å²) >= 11 is 11.5. The molecule has 1 N–H and O–H groups in total. The average Bonchev–Trinajstić information content (AvgIpc) is 2.03. The number of rotatable bonds is 1. The minimum atomic E-state index is -1.07. The van der Waals surface area contributed by atoms with Crippen LogP contribution in [0.4, 0.5) is 0 Å². The molecule has 3 heteroatoms. The summed E-state index contributed by atoms with van der Waals surface area (Å²) < 4.78 is 0. The van der Waals surface area contributed by atoms with Gasteiger partial charge in [0.25, 0.3) is 0 Å². The molecule has 1 aromatic carbocycles. The van der Waals surface area contributed by atoms with Gasteiger partial charge in [0.15, 0.2) is 0 Å². The van der Waals surface area contributed by atoms with Crippen LogP contribution in [0.15, 0.2) is 12.1 Å². The predicted octanol–water partition coefficient (Wildman–Crippen LogP) is 2.46. The Labute approximate surface area is 80.9 Å². The molecule has 0 aliphatic heterocycles. The van der Waals surface area contributed by atoms with Crippen LogP contribution in [0.2, 0.25) is 10.0 Å². The van der Waals surface area contributed by atoms with Gasteiger partial charge in [-0.2, -0.15) is 0 Å². The smallest absolute Gasteiger partial charge is 0.142 e. The van der Waals surface area contributed by atoms with E-state index in [1.165, 1.54) is 0 Å². The largest absolute Gasteiger partial charge is 0.376 e. The van der Waals surface area contributed by atoms with Crippen LogP contribution in [-0.4, -0.2) is 5.11 Å². The molecule has 1 radical (unpaired) electrons. The lowest BCUT2D eigenvalue weighted by molar-refractivity contribution is 0.239. The first-order valence-corrected chi connectivity index (χ1v) is 3.92. The summed E-state index contributed by atoms with van der Waals surface area (Å²) in [5, 5.41) is 9.87. The number of terminal acetylenes is 1. The van der Waals surface area contributed by atoms with Gasteiger partial charge in [0, 0.05) is 16.7 Å². The van der Waals surface area contributed by atoms with Crippen molar-refractivity contribution in [3.05, 3.63) is 33.8 Å². The quantitative estimate of drug-likeness (QED) is 0.690. The van der Waals surface area contributed by atoms with E-state index in [9.17, 15) is 5.11 Å². The van der Waals surface area contributed by atoms with Gasteiger partial charge in [0.05, 0.1) is 5.02 Å². The van der Waals surface area contributed by atoms with E-state index in [4.69, 9.17) is 29.6 Å². The van der Waals surface area contributed by atoms with Gasteiger partial charge < -0.3 is 5.11 Å². The molecule has 0 heterocycles. The van der Waals surface area contributed by atoms with E-state index in [1.54, 1.807) is 12.1 Å². The monoisotopic (exact) mass is 199 g/mol. The number of halogens is 2. The third kappa shape index (κ3) is 1.73. The zero-order valence-electron chi connectivity index (χ0n) is 6.01. The topological polar surface area (TPSA) is 20.2 Å². The van der Waals surface area contributed by atoms with E-state index < -0.39 is 6.10 Å². The zero-order valence-corrected chi connectivity index (χ0v) is 7.52. The molecule has 1 atom stereocenters. The molecule has 1 unspecified atom stereocenters. The maximum Gasteiger partial charge on any atom is 0.142 e. The predicted molar refractivity (Wildman–Crippen MR) is 49.1 cm³/mol. The average molecular weight is 200 g/mol. The van der Waals surface area contributed by atoms with Crippen molar-refractivity contribution >= 4 is 23.2 Å². The molecule has 1 rings (SSSR count). The Morgan fingerprint density at radius 2 is 2.25 bits per heavy atom. The number of benzene rings is 1. The van der Waals surface area contributed by atoms with Gasteiger partial charge in [-0.05, 0) is 6.07 Å². The maximum atomic E-state index is 9.27. The highest BCUT2D eigenvalue weighted by molar-refractivity contribution is 6.36. The van der Waals surface area contributed by atoms with Crippen molar-refractivity contribution in [1.29, 1.82) is 0 Å². The molecule has 1 nitrogen and oxygen atoms in total. The molecule has 1 aromatic rings. The lowest BCUT2D eigenvalue weighted by Gasteiger charge is -2.07. The molecule has 61 valence electrons. The van der Waals surface area contributed by atoms with E-state index in [1.807, 2.05) is 0 Å². The molecule has 0 spiro atoms. The van der Waals surface area contributed by atoms with Crippen molar-refractivity contribution in [3.63, 3.8) is 0 Å². The van der Waals surface area contributed by atoms with E-state index in [0.717, 1.165) is 0 Å². The second-order valence-electron chi connectivity index (χ2n) is 2.12. The maximum absolute atomic E-state index is 9.27. The molecular formula is C9H5Cl2O. The van der Waals surface area contributed by atoms with E-state index in [0.29, 0.717) is 10.6 Å². The van der Waals surface area contributed by atoms with Crippen LogP contribution in [0.3, 0.4) is 0 Å². The molecule has 0 amide bonds. The Morgan fingerprint density at radius 3 is 2.75 bits per heavy atom. The van der Waals surface area contributed by atoms with Crippen LogP contribution >= 0.6 is 23.2 Å². The van der Waals surface area contributed by atoms with E-state index in [-0.39, 0.29) is 5.02 Å². The lowest BCUT2D eigenvalue weighted by atomic mass is 10.1. The van der Waals surface area contributed by atoms with Gasteiger partial charge in [-0.15, -0.1) is 6.42 Å². The molecule has 0 aliphatic rings. The Morgan fingerprint density at radius 1 is 1.58 bits per heavy atom. The van der Waals surface area contributed by atoms with Crippen LogP contribution in [0.1, 0.15) is 11.7 Å². The van der Waals surface area contributed by atoms with Gasteiger partial charge in [-0.3, -0.25) is 0 Å². The Bertz CT molecular complexity index is 308. The summed E-state index contributed by atoms with van der Waals surface area (Å²) in [6.45, 7) is 0. The second kappa shape index (κ2) is 3.82. The Hall–Kier alpha value is -0.680. The molecule has 0 aromatic heterocycles. The minimum absolute atomic E-state index is 0.257. The normalized spacial score (nSPS) is 12.2. The van der Waals surface area contributed by atoms with Crippen LogP contribution in [0, 0.1) is 18.4 Å². The van der Waals surface area contributed by atoms with Gasteiger partial charge in [0.1, 0.15) is 6.10 Å². The van der Waals surface area contributed by atoms with Gasteiger partial charge in [-0.1, -0.05) is 35.2 Å². The second-order valence-corrected chi connectivity index (χ2v) is 2.91. The van der Waals surface area contributed by atoms with E-state index in [2.05, 4.69) is 12.0 Å². The zero-order chi connectivity index (χ0) is 9.14. The fourth-order valence-corrected chi connectivity index (χ4v) is 1.37. The molecule has 12 heavy (non-hydrogen) atoms. The number of aliphatic hydroxyl groups is 1. The molecular weight excluding hydrogens is 195 g/mol. The van der Waals surface area contributed by atoms with Gasteiger partial charge in [0.2, 0.25) is 0 Å². The SMILES string of the molecule is C#CC(O)c1c(Cl)[c]ccc1Cl. The molecule has 0 saturated heterocycles. The third-order valence-corrected chi connectivity index (χ3v) is 2.01. The Kier molecular flexibility index (Phi) is 2.99. The number of hydrogen-bond donors (Lipinski definition) is 1. The van der Waals surface area contributed by atoms with Crippen molar-refractivity contribution in [2.75, 3.05) is 0 Å². The van der Waals surface area contributed by atoms with Crippen LogP contribution < -0.4 is 0 Å². The minimum Gasteiger partial charge on any atom is -0.376 e. The first-order valence-electron chi connectivity index (χ1n) is 3.16. The summed E-state index contributed by atoms with van der Waals surface area (Å²) in [5.41, 5.74) is 0.336. The summed E-state index contributed by atoms with van der Waals surface area (Å²) in [6, 6.07) is 5.82. The summed E-state index contributed by atoms with van der Waals surface area (Å²) in [7, 11) is 0. The first kappa shape index (κ1) is 9.41. The van der Waals surface area contributed by atoms with Crippen molar-refractivity contribution in [3.8, 4) is 12.3 Å². The van der Waals surface area contributed by atoms with Crippen LogP contribution in [0.25, 0.3) is 0 Å². The summed E-state index contributed by atoms with van der Waals surface area (Å²) in [4.78, 5) is 0. The molecule has 0 saturated carbocycles. The standard InChI is InChI=1S/C9H5Cl2O/c1-2-8(12)9-6(10)4-3-5-7(9)11/h1,3-4,8,12H. The highest BCUT2D eigenvalue weighted by Gasteiger charge is 2.12. The highest BCUT2D eigenvalue weighted by atomic mass is 35.5. The van der Waals surface area contributed by atoms with Crippen LogP contribution in [0.5, 0.6) is 0 Å². The van der Waals surface area contributed by atoms with Gasteiger partial charge in [-0.25, -0.2) is 0 Å². The lowest BCUT2D eigenvalue weighted by Crippen LogP contribution is -1.95. The highest BCUT2D eigenvalue weighted by Crippen LogP contribution is 2.29. The van der Waals surface area contributed by atoms with Crippen molar-refractivity contribution in [2.24, 2.45) is 0 Å². The molecule has 0 bridgehead atoms. The summed E-state index contributed by atoms with van der Waals surface area (Å²) in [5.74, 6) is 2.13. The molecule has 0 aliphatic carbocycles. The summed E-state index contributed by atoms with van der Waals surface area (Å²) in [6.07, 6.45) is 3.94. The van der Waals surface area contributed by atoms with Crippen molar-refractivity contribution < 1.29 is 5.11 Å². The molecule has 0 fully saturated rings. The third-order valence-electron chi connectivity index (χ3n) is 1.36. The fourth-order valence-electron chi connectivity index (χ4n) is 0.794. The Balaban J connectivity index is 3.23. The van der Waals surface area contributed by atoms with Crippen molar-refractivity contribution in [1.82, 2.24) is 0 Å². The fraction of sp³-hybridized carbons (Fsp3) is 0.111. The van der Waals surface area contributed by atoms with Crippen molar-refractivity contribution in [2.45, 2.75) is 6.10 Å². The number of hydrogen-bond acceptors (Lipinski definition) is 1. The number of aliphatic hydroxyl groups excluding tert-OH is 1.